The molecule has 2 fully saturated rings. The number of nitrogens with zero attached hydrogens (tertiary/aromatic N) is 5. The zero-order valence-electron chi connectivity index (χ0n) is 16.8. The average molecular weight is 415 g/mol. The molecule has 0 spiro atoms. The fourth-order valence-corrected chi connectivity index (χ4v) is 4.14. The highest BCUT2D eigenvalue weighted by Gasteiger charge is 2.23. The van der Waals surface area contributed by atoms with Crippen LogP contribution in [-0.4, -0.2) is 60.2 Å². The first-order valence-electron chi connectivity index (χ1n) is 10.2. The SMILES string of the molecule is Cc1ccc(NC(=O)N2CCN(c3cc(N4CCCCC4)ncn3)CC2)c(Cl)c1. The Labute approximate surface area is 176 Å². The molecule has 2 amide bonds. The number of hydrogen-bond acceptors (Lipinski definition) is 5. The van der Waals surface area contributed by atoms with Crippen molar-refractivity contribution in [2.45, 2.75) is 26.2 Å². The molecule has 1 aromatic carbocycles. The molecular formula is C21H27ClN6O. The molecule has 1 aromatic heterocycles. The largest absolute Gasteiger partial charge is 0.356 e. The highest BCUT2D eigenvalue weighted by molar-refractivity contribution is 6.33. The zero-order chi connectivity index (χ0) is 20.2. The molecule has 2 aliphatic rings. The lowest BCUT2D eigenvalue weighted by Crippen LogP contribution is -2.50. The highest BCUT2D eigenvalue weighted by Crippen LogP contribution is 2.24. The summed E-state index contributed by atoms with van der Waals surface area (Å²) < 4.78 is 0. The monoisotopic (exact) mass is 414 g/mol. The molecule has 1 N–H and O–H groups in total. The number of rotatable bonds is 3. The molecule has 0 radical (unpaired) electrons. The molecule has 0 atom stereocenters. The van der Waals surface area contributed by atoms with Gasteiger partial charge in [-0.3, -0.25) is 0 Å². The fourth-order valence-electron chi connectivity index (χ4n) is 3.86. The van der Waals surface area contributed by atoms with Crippen molar-refractivity contribution in [3.05, 3.63) is 41.2 Å². The molecule has 29 heavy (non-hydrogen) atoms. The summed E-state index contributed by atoms with van der Waals surface area (Å²) in [5, 5.41) is 3.48. The Morgan fingerprint density at radius 1 is 0.931 bits per heavy atom. The van der Waals surface area contributed by atoms with E-state index in [4.69, 9.17) is 11.6 Å². The molecule has 0 bridgehead atoms. The summed E-state index contributed by atoms with van der Waals surface area (Å²) in [7, 11) is 0. The topological polar surface area (TPSA) is 64.6 Å². The summed E-state index contributed by atoms with van der Waals surface area (Å²) in [6.07, 6.45) is 5.39. The number of anilines is 3. The van der Waals surface area contributed by atoms with E-state index in [-0.39, 0.29) is 6.03 Å². The number of hydrogen-bond donors (Lipinski definition) is 1. The standard InChI is InChI=1S/C21H27ClN6O/c1-16-5-6-18(17(22)13-16)25-21(29)28-11-9-27(10-12-28)20-14-19(23-15-24-20)26-7-3-2-4-8-26/h5-6,13-15H,2-4,7-12H2,1H3,(H,25,29). The number of aromatic nitrogens is 2. The number of halogens is 1. The summed E-state index contributed by atoms with van der Waals surface area (Å²) in [4.78, 5) is 27.9. The number of piperidine rings is 1. The normalized spacial score (nSPS) is 17.4. The van der Waals surface area contributed by atoms with E-state index in [0.29, 0.717) is 23.8 Å². The van der Waals surface area contributed by atoms with Crippen LogP contribution < -0.4 is 15.1 Å². The van der Waals surface area contributed by atoms with Gasteiger partial charge in [-0.2, -0.15) is 0 Å². The summed E-state index contributed by atoms with van der Waals surface area (Å²) in [5.41, 5.74) is 1.71. The van der Waals surface area contributed by atoms with Crippen molar-refractivity contribution < 1.29 is 4.79 Å². The van der Waals surface area contributed by atoms with Gasteiger partial charge in [0.2, 0.25) is 0 Å². The number of piperazine rings is 1. The van der Waals surface area contributed by atoms with Gasteiger partial charge in [-0.1, -0.05) is 17.7 Å². The quantitative estimate of drug-likeness (QED) is 0.827. The van der Waals surface area contributed by atoms with Crippen LogP contribution in [0, 0.1) is 6.92 Å². The Balaban J connectivity index is 1.35. The molecular weight excluding hydrogens is 388 g/mol. The summed E-state index contributed by atoms with van der Waals surface area (Å²) in [5.74, 6) is 1.94. The van der Waals surface area contributed by atoms with Crippen LogP contribution in [0.5, 0.6) is 0 Å². The molecule has 2 aromatic rings. The van der Waals surface area contributed by atoms with Crippen LogP contribution in [0.2, 0.25) is 5.02 Å². The van der Waals surface area contributed by atoms with E-state index in [1.54, 1.807) is 6.33 Å². The second-order valence-corrected chi connectivity index (χ2v) is 8.08. The fraction of sp³-hybridized carbons (Fsp3) is 0.476. The van der Waals surface area contributed by atoms with Gasteiger partial charge in [-0.15, -0.1) is 0 Å². The number of benzene rings is 1. The van der Waals surface area contributed by atoms with Crippen molar-refractivity contribution in [1.29, 1.82) is 0 Å². The lowest BCUT2D eigenvalue weighted by molar-refractivity contribution is 0.208. The van der Waals surface area contributed by atoms with Crippen LogP contribution in [0.25, 0.3) is 0 Å². The second kappa shape index (κ2) is 8.86. The minimum atomic E-state index is -0.118. The zero-order valence-corrected chi connectivity index (χ0v) is 17.5. The van der Waals surface area contributed by atoms with Gasteiger partial charge in [-0.25, -0.2) is 14.8 Å². The average Bonchev–Trinajstić information content (AvgIpc) is 2.76. The number of amides is 2. The second-order valence-electron chi connectivity index (χ2n) is 7.67. The predicted octanol–water partition coefficient (Wildman–Crippen LogP) is 3.78. The first kappa shape index (κ1) is 19.8. The van der Waals surface area contributed by atoms with Crippen molar-refractivity contribution in [2.75, 3.05) is 54.4 Å². The molecule has 0 aliphatic carbocycles. The first-order valence-corrected chi connectivity index (χ1v) is 10.6. The smallest absolute Gasteiger partial charge is 0.322 e. The highest BCUT2D eigenvalue weighted by atomic mass is 35.5. The molecule has 3 heterocycles. The Morgan fingerprint density at radius 3 is 2.24 bits per heavy atom. The van der Waals surface area contributed by atoms with E-state index in [2.05, 4.69) is 31.2 Å². The van der Waals surface area contributed by atoms with Crippen LogP contribution in [-0.2, 0) is 0 Å². The van der Waals surface area contributed by atoms with Gasteiger partial charge in [0.25, 0.3) is 0 Å². The van der Waals surface area contributed by atoms with E-state index >= 15 is 0 Å². The van der Waals surface area contributed by atoms with Gasteiger partial charge in [-0.05, 0) is 43.9 Å². The van der Waals surface area contributed by atoms with E-state index in [0.717, 1.165) is 43.4 Å². The Bertz CT molecular complexity index is 862. The van der Waals surface area contributed by atoms with Gasteiger partial charge >= 0.3 is 6.03 Å². The van der Waals surface area contributed by atoms with E-state index in [9.17, 15) is 4.79 Å². The van der Waals surface area contributed by atoms with E-state index < -0.39 is 0 Å². The third kappa shape index (κ3) is 4.72. The van der Waals surface area contributed by atoms with Crippen LogP contribution in [0.15, 0.2) is 30.6 Å². The molecule has 0 unspecified atom stereocenters. The van der Waals surface area contributed by atoms with Crippen LogP contribution in [0.4, 0.5) is 22.1 Å². The molecule has 2 saturated heterocycles. The maximum Gasteiger partial charge on any atom is 0.322 e. The predicted molar refractivity (Wildman–Crippen MR) is 117 cm³/mol. The van der Waals surface area contributed by atoms with Crippen molar-refractivity contribution in [3.63, 3.8) is 0 Å². The van der Waals surface area contributed by atoms with E-state index in [1.807, 2.05) is 30.0 Å². The molecule has 154 valence electrons. The maximum absolute atomic E-state index is 12.6. The lowest BCUT2D eigenvalue weighted by Gasteiger charge is -2.36. The summed E-state index contributed by atoms with van der Waals surface area (Å²) in [6, 6.07) is 7.59. The Hall–Kier alpha value is -2.54. The van der Waals surface area contributed by atoms with Crippen molar-refractivity contribution >= 4 is 35.0 Å². The molecule has 4 rings (SSSR count). The minimum absolute atomic E-state index is 0.118. The summed E-state index contributed by atoms with van der Waals surface area (Å²) in [6.45, 7) is 6.85. The number of urea groups is 1. The number of carbonyl (C=O) groups is 1. The first-order chi connectivity index (χ1) is 14.1. The molecule has 7 nitrogen and oxygen atoms in total. The Kier molecular flexibility index (Phi) is 6.04. The van der Waals surface area contributed by atoms with Gasteiger partial charge < -0.3 is 20.0 Å². The minimum Gasteiger partial charge on any atom is -0.356 e. The number of carbonyl (C=O) groups excluding carboxylic acids is 1. The van der Waals surface area contributed by atoms with Crippen molar-refractivity contribution in [1.82, 2.24) is 14.9 Å². The Morgan fingerprint density at radius 2 is 1.59 bits per heavy atom. The number of aryl methyl sites for hydroxylation is 1. The van der Waals surface area contributed by atoms with Crippen LogP contribution >= 0.6 is 11.6 Å². The van der Waals surface area contributed by atoms with Gasteiger partial charge in [0.15, 0.2) is 0 Å². The van der Waals surface area contributed by atoms with Crippen molar-refractivity contribution in [2.24, 2.45) is 0 Å². The van der Waals surface area contributed by atoms with Crippen LogP contribution in [0.3, 0.4) is 0 Å². The molecule has 2 aliphatic heterocycles. The van der Waals surface area contributed by atoms with Gasteiger partial charge in [0, 0.05) is 45.3 Å². The molecule has 8 heteroatoms. The van der Waals surface area contributed by atoms with Gasteiger partial charge in [0.05, 0.1) is 10.7 Å². The van der Waals surface area contributed by atoms with Gasteiger partial charge in [0.1, 0.15) is 18.0 Å². The third-order valence-corrected chi connectivity index (χ3v) is 5.89. The number of nitrogens with one attached hydrogen (secondary N) is 1. The maximum atomic E-state index is 12.6. The summed E-state index contributed by atoms with van der Waals surface area (Å²) >= 11 is 6.23. The van der Waals surface area contributed by atoms with Crippen LogP contribution in [0.1, 0.15) is 24.8 Å². The lowest BCUT2D eigenvalue weighted by atomic mass is 10.1. The van der Waals surface area contributed by atoms with Crippen molar-refractivity contribution in [3.8, 4) is 0 Å². The third-order valence-electron chi connectivity index (χ3n) is 5.58. The molecule has 0 saturated carbocycles. The van der Waals surface area contributed by atoms with E-state index in [1.165, 1.54) is 19.3 Å².